The first kappa shape index (κ1) is 14.4. The fourth-order valence-electron chi connectivity index (χ4n) is 2.33. The summed E-state index contributed by atoms with van der Waals surface area (Å²) >= 11 is 3.68. The second-order valence-corrected chi connectivity index (χ2v) is 10.4. The van der Waals surface area contributed by atoms with Crippen LogP contribution in [0.5, 0.6) is 0 Å². The van der Waals surface area contributed by atoms with Gasteiger partial charge in [0.15, 0.2) is 0 Å². The Balaban J connectivity index is 0.000000140. The Hall–Kier alpha value is 2.30. The van der Waals surface area contributed by atoms with E-state index in [0.29, 0.717) is 0 Å². The Labute approximate surface area is 117 Å². The summed E-state index contributed by atoms with van der Waals surface area (Å²) in [4.78, 5) is 0. The molecule has 0 aromatic rings. The highest BCUT2D eigenvalue weighted by atomic mass is 79.9. The van der Waals surface area contributed by atoms with Gasteiger partial charge in [0.25, 0.3) is 0 Å². The third-order valence-electron chi connectivity index (χ3n) is 3.39. The zero-order chi connectivity index (χ0) is 10.2. The molecule has 0 N–H and O–H groups in total. The summed E-state index contributed by atoms with van der Waals surface area (Å²) in [7, 11) is 5.75. The number of hydrogen-bond donors (Lipinski definition) is 0. The normalized spacial score (nSPS) is 22.4. The lowest BCUT2D eigenvalue weighted by Crippen LogP contribution is -1.87. The maximum atomic E-state index is 5.75. The largest absolute Gasteiger partial charge is 0.504 e. The third kappa shape index (κ3) is 6.14. The molecule has 0 heterocycles. The lowest BCUT2D eigenvalue weighted by molar-refractivity contribution is 0.876. The van der Waals surface area contributed by atoms with Crippen molar-refractivity contribution >= 4 is 59.4 Å². The van der Waals surface area contributed by atoms with E-state index in [1.807, 2.05) is 0 Å². The number of hydrogen-bond acceptors (Lipinski definition) is 0. The molecule has 0 aromatic carbocycles. The first-order valence-electron chi connectivity index (χ1n) is 5.98. The van der Waals surface area contributed by atoms with E-state index < -0.39 is 0 Å². The first-order valence-corrected chi connectivity index (χ1v) is 13.7. The minimum absolute atomic E-state index is 0.137. The van der Waals surface area contributed by atoms with Crippen molar-refractivity contribution in [1.82, 2.24) is 0 Å². The maximum Gasteiger partial charge on any atom is 0.504 e. The van der Waals surface area contributed by atoms with Crippen molar-refractivity contribution < 1.29 is 0 Å². The van der Waals surface area contributed by atoms with E-state index in [2.05, 4.69) is 12.9 Å². The molecule has 14 heavy (non-hydrogen) atoms. The van der Waals surface area contributed by atoms with Gasteiger partial charge in [-0.05, 0) is 0 Å². The van der Waals surface area contributed by atoms with E-state index >= 15 is 0 Å². The minimum atomic E-state index is -0.137. The topological polar surface area (TPSA) is 0 Å². The van der Waals surface area contributed by atoms with Crippen LogP contribution in [0.25, 0.3) is 0 Å². The first-order chi connectivity index (χ1) is 6.86. The lowest BCUT2D eigenvalue weighted by atomic mass is 10.4. The van der Waals surface area contributed by atoms with Gasteiger partial charge in [-0.1, -0.05) is 51.4 Å². The fraction of sp³-hybridized carbons (Fsp3) is 1.00. The van der Waals surface area contributed by atoms with Gasteiger partial charge in [0, 0.05) is 0 Å². The van der Waals surface area contributed by atoms with Gasteiger partial charge in [0.1, 0.15) is 0 Å². The molecule has 0 aromatic heterocycles. The Morgan fingerprint density at radius 3 is 1.50 bits per heavy atom. The molecule has 0 atom stereocenters. The molecule has 2 aliphatic rings. The van der Waals surface area contributed by atoms with E-state index in [0.717, 1.165) is 8.09 Å². The Bertz CT molecular complexity index is 118. The van der Waals surface area contributed by atoms with Gasteiger partial charge in [0.05, 0.1) is 0 Å². The van der Waals surface area contributed by atoms with Crippen LogP contribution in [0.3, 0.4) is 0 Å². The van der Waals surface area contributed by atoms with Crippen LogP contribution in [0.4, 0.5) is 0 Å². The van der Waals surface area contributed by atoms with Crippen molar-refractivity contribution in [3.8, 4) is 0 Å². The van der Waals surface area contributed by atoms with E-state index in [4.69, 9.17) is 9.07 Å². The van der Waals surface area contributed by atoms with Crippen LogP contribution in [0, 0.1) is 0 Å². The Kier molecular flexibility index (Phi) is 9.59. The van der Waals surface area contributed by atoms with Crippen LogP contribution in [0.2, 0.25) is 8.09 Å². The summed E-state index contributed by atoms with van der Waals surface area (Å²) in [6, 6.07) is 0. The van der Waals surface area contributed by atoms with E-state index in [1.165, 1.54) is 51.4 Å². The highest BCUT2D eigenvalue weighted by Gasteiger charge is 2.15. The molecule has 0 aliphatic heterocycles. The third-order valence-corrected chi connectivity index (χ3v) is 9.95. The van der Waals surface area contributed by atoms with Gasteiger partial charge >= 0.3 is 37.5 Å². The number of rotatable bonds is 2. The molecular formula is C10H18BrClMg2. The Morgan fingerprint density at radius 1 is 0.857 bits per heavy atom. The quantitative estimate of drug-likeness (QED) is 0.655. The zero-order valence-electron chi connectivity index (χ0n) is 8.98. The molecule has 76 valence electrons. The summed E-state index contributed by atoms with van der Waals surface area (Å²) in [5, 5.41) is 0. The van der Waals surface area contributed by atoms with Gasteiger partial charge in [-0.3, -0.25) is 0 Å². The van der Waals surface area contributed by atoms with Gasteiger partial charge in [-0.2, -0.15) is 0 Å². The molecule has 0 radical (unpaired) electrons. The highest BCUT2D eigenvalue weighted by Crippen LogP contribution is 2.30. The summed E-state index contributed by atoms with van der Waals surface area (Å²) in [6.45, 7) is 0. The van der Waals surface area contributed by atoms with Crippen LogP contribution in [0.1, 0.15) is 51.4 Å². The Morgan fingerprint density at radius 2 is 1.29 bits per heavy atom. The van der Waals surface area contributed by atoms with Crippen LogP contribution in [-0.4, -0.2) is 37.5 Å². The second-order valence-electron chi connectivity index (χ2n) is 4.61. The number of halogens is 2. The minimum Gasteiger partial charge on any atom is -0.346 e. The van der Waals surface area contributed by atoms with Gasteiger partial charge in [-0.25, -0.2) is 0 Å². The molecular weight excluding hydrogens is 284 g/mol. The van der Waals surface area contributed by atoms with Crippen LogP contribution in [-0.2, 0) is 0 Å². The fourth-order valence-corrected chi connectivity index (χ4v) is 6.97. The summed E-state index contributed by atoms with van der Waals surface area (Å²) in [6.07, 6.45) is 11.8. The highest BCUT2D eigenvalue weighted by molar-refractivity contribution is 9.23. The van der Waals surface area contributed by atoms with Gasteiger partial charge < -0.3 is 22.0 Å². The van der Waals surface area contributed by atoms with Gasteiger partial charge in [-0.15, -0.1) is 8.09 Å². The summed E-state index contributed by atoms with van der Waals surface area (Å²) in [5.74, 6) is 0. The van der Waals surface area contributed by atoms with Crippen molar-refractivity contribution in [1.29, 1.82) is 0 Å². The summed E-state index contributed by atoms with van der Waals surface area (Å²) in [5.41, 5.74) is 0. The monoisotopic (exact) mass is 300 g/mol. The molecule has 0 nitrogen and oxygen atoms in total. The maximum absolute atomic E-state index is 5.75. The lowest BCUT2D eigenvalue weighted by Gasteiger charge is -1.96. The molecule has 2 rings (SSSR count). The molecule has 0 spiro atoms. The van der Waals surface area contributed by atoms with Gasteiger partial charge in [0.2, 0.25) is 0 Å². The molecule has 0 saturated heterocycles. The molecule has 4 heteroatoms. The van der Waals surface area contributed by atoms with Crippen LogP contribution >= 0.6 is 22.0 Å². The zero-order valence-corrected chi connectivity index (χ0v) is 14.2. The average Bonchev–Trinajstić information content (AvgIpc) is 2.92. The molecule has 0 bridgehead atoms. The van der Waals surface area contributed by atoms with Crippen molar-refractivity contribution in [2.75, 3.05) is 0 Å². The average molecular weight is 302 g/mol. The second kappa shape index (κ2) is 9.34. The van der Waals surface area contributed by atoms with E-state index in [-0.39, 0.29) is 37.5 Å². The van der Waals surface area contributed by atoms with E-state index in [9.17, 15) is 0 Å². The smallest absolute Gasteiger partial charge is 0.346 e. The van der Waals surface area contributed by atoms with Crippen molar-refractivity contribution in [3.05, 3.63) is 0 Å². The van der Waals surface area contributed by atoms with Crippen LogP contribution in [0.15, 0.2) is 0 Å². The standard InChI is InChI=1S/2C5H9.BrH.ClH.2Mg/c2*1-2-4-5-3-1;;;;/h2*1H,2-5H2;2*1H;;/q;;;;2*+1/p-2. The molecule has 0 unspecified atom stereocenters. The molecule has 0 amide bonds. The molecule has 2 aliphatic carbocycles. The van der Waals surface area contributed by atoms with E-state index in [1.54, 1.807) is 0 Å². The predicted molar refractivity (Wildman–Crippen MR) is 70.7 cm³/mol. The molecule has 2 fully saturated rings. The summed E-state index contributed by atoms with van der Waals surface area (Å²) < 4.78 is 2.15. The van der Waals surface area contributed by atoms with Crippen molar-refractivity contribution in [2.24, 2.45) is 0 Å². The van der Waals surface area contributed by atoms with Crippen LogP contribution < -0.4 is 0 Å². The SMILES string of the molecule is [Br][Mg][CH]1CCCC1.[Cl][Mg][CH]1CCCC1. The van der Waals surface area contributed by atoms with Crippen molar-refractivity contribution in [2.45, 2.75) is 59.5 Å². The molecule has 2 saturated carbocycles. The van der Waals surface area contributed by atoms with Crippen molar-refractivity contribution in [3.63, 3.8) is 0 Å². The predicted octanol–water partition coefficient (Wildman–Crippen LogP) is 4.57.